The lowest BCUT2D eigenvalue weighted by Gasteiger charge is -2.14. The van der Waals surface area contributed by atoms with Gasteiger partial charge in [-0.3, -0.25) is 0 Å². The molecule has 19 heavy (non-hydrogen) atoms. The van der Waals surface area contributed by atoms with Gasteiger partial charge in [-0.1, -0.05) is 67.9 Å². The van der Waals surface area contributed by atoms with E-state index < -0.39 is 0 Å². The molecule has 0 bridgehead atoms. The van der Waals surface area contributed by atoms with Gasteiger partial charge in [-0.2, -0.15) is 12.6 Å². The van der Waals surface area contributed by atoms with Gasteiger partial charge in [0.05, 0.1) is 0 Å². The molecule has 1 atom stereocenters. The van der Waals surface area contributed by atoms with E-state index in [1.165, 1.54) is 27.1 Å². The molecule has 0 N–H and O–H groups in total. The first-order chi connectivity index (χ1) is 9.31. The highest BCUT2D eigenvalue weighted by Crippen LogP contribution is 2.34. The van der Waals surface area contributed by atoms with Crippen molar-refractivity contribution >= 4 is 34.2 Å². The van der Waals surface area contributed by atoms with Gasteiger partial charge in [0.2, 0.25) is 0 Å². The van der Waals surface area contributed by atoms with E-state index in [2.05, 4.69) is 61.5 Å². The standard InChI is InChI=1S/C18H18S/c1-2-6-18(19)17-10-5-9-15-14-8-4-3-7-13(14)11-12-16(15)17/h3-5,7-12,18-19H,2,6H2,1H3. The minimum absolute atomic E-state index is 0.329. The van der Waals surface area contributed by atoms with Crippen LogP contribution in [0.15, 0.2) is 54.6 Å². The van der Waals surface area contributed by atoms with Gasteiger partial charge >= 0.3 is 0 Å². The number of hydrogen-bond acceptors (Lipinski definition) is 1. The zero-order chi connectivity index (χ0) is 13.2. The summed E-state index contributed by atoms with van der Waals surface area (Å²) in [6.07, 6.45) is 2.28. The van der Waals surface area contributed by atoms with Gasteiger partial charge in [0.1, 0.15) is 0 Å². The van der Waals surface area contributed by atoms with Gasteiger partial charge in [0, 0.05) is 5.25 Å². The first kappa shape index (κ1) is 12.6. The average molecular weight is 266 g/mol. The Hall–Kier alpha value is -1.47. The van der Waals surface area contributed by atoms with E-state index in [4.69, 9.17) is 12.6 Å². The Kier molecular flexibility index (Phi) is 3.48. The van der Waals surface area contributed by atoms with Gasteiger partial charge in [-0.15, -0.1) is 0 Å². The molecule has 96 valence electrons. The predicted molar refractivity (Wildman–Crippen MR) is 88.1 cm³/mol. The van der Waals surface area contributed by atoms with E-state index in [9.17, 15) is 0 Å². The summed E-state index contributed by atoms with van der Waals surface area (Å²) >= 11 is 4.77. The van der Waals surface area contributed by atoms with Crippen molar-refractivity contribution in [3.8, 4) is 0 Å². The maximum absolute atomic E-state index is 4.77. The highest BCUT2D eigenvalue weighted by molar-refractivity contribution is 7.80. The van der Waals surface area contributed by atoms with Crippen molar-refractivity contribution < 1.29 is 0 Å². The quantitative estimate of drug-likeness (QED) is 0.452. The van der Waals surface area contributed by atoms with Crippen LogP contribution in [0.1, 0.15) is 30.6 Å². The molecule has 0 aromatic heterocycles. The van der Waals surface area contributed by atoms with Gasteiger partial charge < -0.3 is 0 Å². The fourth-order valence-corrected chi connectivity index (χ4v) is 3.27. The molecule has 0 saturated carbocycles. The summed E-state index contributed by atoms with van der Waals surface area (Å²) in [5, 5.41) is 5.65. The molecule has 0 aliphatic carbocycles. The normalized spacial score (nSPS) is 12.9. The van der Waals surface area contributed by atoms with Crippen molar-refractivity contribution in [1.82, 2.24) is 0 Å². The predicted octanol–water partition coefficient (Wildman–Crippen LogP) is 5.76. The van der Waals surface area contributed by atoms with Gasteiger partial charge in [0.15, 0.2) is 0 Å². The van der Waals surface area contributed by atoms with Crippen LogP contribution in [0, 0.1) is 0 Å². The fraction of sp³-hybridized carbons (Fsp3) is 0.222. The molecule has 0 heterocycles. The summed E-state index contributed by atoms with van der Waals surface area (Å²) in [5.74, 6) is 0. The summed E-state index contributed by atoms with van der Waals surface area (Å²) in [6.45, 7) is 2.21. The second kappa shape index (κ2) is 5.26. The summed E-state index contributed by atoms with van der Waals surface area (Å²) in [6, 6.07) is 19.6. The van der Waals surface area contributed by atoms with Crippen LogP contribution >= 0.6 is 12.6 Å². The third-order valence-corrected chi connectivity index (χ3v) is 4.28. The molecule has 0 saturated heterocycles. The number of fused-ring (bicyclic) bond motifs is 3. The number of thiol groups is 1. The van der Waals surface area contributed by atoms with Crippen LogP contribution in [-0.4, -0.2) is 0 Å². The average Bonchev–Trinajstić information content (AvgIpc) is 2.46. The SMILES string of the molecule is CCCC(S)c1cccc2c1ccc1ccccc12. The Balaban J connectivity index is 2.29. The Labute approximate surface area is 119 Å². The Morgan fingerprint density at radius 3 is 2.47 bits per heavy atom. The molecular formula is C18H18S. The molecular weight excluding hydrogens is 248 g/mol. The van der Waals surface area contributed by atoms with Crippen molar-refractivity contribution in [2.45, 2.75) is 25.0 Å². The van der Waals surface area contributed by atoms with Crippen LogP contribution < -0.4 is 0 Å². The molecule has 3 aromatic carbocycles. The Bertz CT molecular complexity index is 715. The third-order valence-electron chi connectivity index (χ3n) is 3.74. The lowest BCUT2D eigenvalue weighted by atomic mass is 9.96. The van der Waals surface area contributed by atoms with E-state index in [-0.39, 0.29) is 0 Å². The van der Waals surface area contributed by atoms with Gasteiger partial charge in [0.25, 0.3) is 0 Å². The van der Waals surface area contributed by atoms with Crippen LogP contribution in [0.2, 0.25) is 0 Å². The molecule has 3 rings (SSSR count). The van der Waals surface area contributed by atoms with Crippen LogP contribution in [-0.2, 0) is 0 Å². The lowest BCUT2D eigenvalue weighted by molar-refractivity contribution is 0.787. The summed E-state index contributed by atoms with van der Waals surface area (Å²) < 4.78 is 0. The maximum atomic E-state index is 4.77. The molecule has 1 unspecified atom stereocenters. The van der Waals surface area contributed by atoms with Crippen molar-refractivity contribution in [3.63, 3.8) is 0 Å². The highest BCUT2D eigenvalue weighted by atomic mass is 32.1. The molecule has 0 spiro atoms. The summed E-state index contributed by atoms with van der Waals surface area (Å²) in [5.41, 5.74) is 1.36. The highest BCUT2D eigenvalue weighted by Gasteiger charge is 2.10. The van der Waals surface area contributed by atoms with Crippen molar-refractivity contribution in [1.29, 1.82) is 0 Å². The summed E-state index contributed by atoms with van der Waals surface area (Å²) in [7, 11) is 0. The molecule has 0 radical (unpaired) electrons. The van der Waals surface area contributed by atoms with E-state index >= 15 is 0 Å². The van der Waals surface area contributed by atoms with Crippen LogP contribution in [0.25, 0.3) is 21.5 Å². The Morgan fingerprint density at radius 2 is 1.63 bits per heavy atom. The number of hydrogen-bond donors (Lipinski definition) is 1. The first-order valence-corrected chi connectivity index (χ1v) is 7.41. The van der Waals surface area contributed by atoms with Crippen molar-refractivity contribution in [3.05, 3.63) is 60.2 Å². The second-order valence-corrected chi connectivity index (χ2v) is 5.66. The van der Waals surface area contributed by atoms with Gasteiger partial charge in [-0.05, 0) is 33.5 Å². The van der Waals surface area contributed by atoms with Crippen molar-refractivity contribution in [2.24, 2.45) is 0 Å². The molecule has 0 fully saturated rings. The van der Waals surface area contributed by atoms with Crippen molar-refractivity contribution in [2.75, 3.05) is 0 Å². The van der Waals surface area contributed by atoms with Gasteiger partial charge in [-0.25, -0.2) is 0 Å². The smallest absolute Gasteiger partial charge is 0.0273 e. The molecule has 1 heteroatoms. The number of rotatable bonds is 3. The number of benzene rings is 3. The Morgan fingerprint density at radius 1 is 0.842 bits per heavy atom. The van der Waals surface area contributed by atoms with E-state index in [0.29, 0.717) is 5.25 Å². The maximum Gasteiger partial charge on any atom is 0.0273 e. The largest absolute Gasteiger partial charge is 0.171 e. The molecule has 0 amide bonds. The van der Waals surface area contributed by atoms with Crippen LogP contribution in [0.5, 0.6) is 0 Å². The fourth-order valence-electron chi connectivity index (χ4n) is 2.78. The minimum atomic E-state index is 0.329. The van der Waals surface area contributed by atoms with E-state index in [0.717, 1.165) is 12.8 Å². The van der Waals surface area contributed by atoms with E-state index in [1.54, 1.807) is 0 Å². The monoisotopic (exact) mass is 266 g/mol. The molecule has 0 aliphatic heterocycles. The zero-order valence-electron chi connectivity index (χ0n) is 11.1. The zero-order valence-corrected chi connectivity index (χ0v) is 12.0. The summed E-state index contributed by atoms with van der Waals surface area (Å²) in [4.78, 5) is 0. The minimum Gasteiger partial charge on any atom is -0.171 e. The lowest BCUT2D eigenvalue weighted by Crippen LogP contribution is -1.92. The topological polar surface area (TPSA) is 0 Å². The van der Waals surface area contributed by atoms with Crippen LogP contribution in [0.3, 0.4) is 0 Å². The van der Waals surface area contributed by atoms with Crippen LogP contribution in [0.4, 0.5) is 0 Å². The molecule has 0 aliphatic rings. The van der Waals surface area contributed by atoms with E-state index in [1.807, 2.05) is 0 Å². The third kappa shape index (κ3) is 2.23. The second-order valence-electron chi connectivity index (χ2n) is 5.03. The molecule has 0 nitrogen and oxygen atoms in total. The molecule has 3 aromatic rings. The first-order valence-electron chi connectivity index (χ1n) is 6.89.